The SMILES string of the molecule is CC(C)CCCC(C)Nc1ccc(C(=O)O)c(F)c1F. The summed E-state index contributed by atoms with van der Waals surface area (Å²) >= 11 is 0. The van der Waals surface area contributed by atoms with Crippen LogP contribution in [0.25, 0.3) is 0 Å². The minimum Gasteiger partial charge on any atom is -0.478 e. The van der Waals surface area contributed by atoms with E-state index in [9.17, 15) is 13.6 Å². The van der Waals surface area contributed by atoms with Crippen LogP contribution in [-0.4, -0.2) is 17.1 Å². The van der Waals surface area contributed by atoms with Crippen LogP contribution in [-0.2, 0) is 0 Å². The lowest BCUT2D eigenvalue weighted by Crippen LogP contribution is -2.17. The number of rotatable bonds is 7. The van der Waals surface area contributed by atoms with E-state index in [2.05, 4.69) is 19.2 Å². The van der Waals surface area contributed by atoms with Crippen LogP contribution < -0.4 is 5.32 Å². The zero-order valence-electron chi connectivity index (χ0n) is 12.0. The van der Waals surface area contributed by atoms with E-state index in [4.69, 9.17) is 5.11 Å². The van der Waals surface area contributed by atoms with Crippen molar-refractivity contribution >= 4 is 11.7 Å². The van der Waals surface area contributed by atoms with Gasteiger partial charge >= 0.3 is 5.97 Å². The Balaban J connectivity index is 2.69. The second kappa shape index (κ2) is 7.22. The van der Waals surface area contributed by atoms with E-state index in [-0.39, 0.29) is 11.7 Å². The van der Waals surface area contributed by atoms with Crippen LogP contribution in [0.15, 0.2) is 12.1 Å². The first-order chi connectivity index (χ1) is 9.32. The molecule has 5 heteroatoms. The van der Waals surface area contributed by atoms with E-state index < -0.39 is 23.2 Å². The number of benzene rings is 1. The molecule has 0 fully saturated rings. The summed E-state index contributed by atoms with van der Waals surface area (Å²) in [6.45, 7) is 6.16. The van der Waals surface area contributed by atoms with E-state index in [1.165, 1.54) is 6.07 Å². The van der Waals surface area contributed by atoms with Crippen molar-refractivity contribution in [2.45, 2.75) is 46.1 Å². The van der Waals surface area contributed by atoms with Crippen molar-refractivity contribution in [3.8, 4) is 0 Å². The third kappa shape index (κ3) is 4.47. The van der Waals surface area contributed by atoms with E-state index in [0.29, 0.717) is 5.92 Å². The number of nitrogens with one attached hydrogen (secondary N) is 1. The Morgan fingerprint density at radius 1 is 1.20 bits per heavy atom. The summed E-state index contributed by atoms with van der Waals surface area (Å²) in [6.07, 6.45) is 2.93. The third-order valence-corrected chi connectivity index (χ3v) is 3.13. The molecule has 1 aromatic rings. The Bertz CT molecular complexity index is 475. The molecule has 0 radical (unpaired) electrons. The van der Waals surface area contributed by atoms with Gasteiger partial charge in [0.15, 0.2) is 11.6 Å². The minimum absolute atomic E-state index is 0.00155. The smallest absolute Gasteiger partial charge is 0.338 e. The average Bonchev–Trinajstić information content (AvgIpc) is 2.34. The van der Waals surface area contributed by atoms with Crippen LogP contribution in [0.1, 0.15) is 50.4 Å². The number of carboxylic acids is 1. The van der Waals surface area contributed by atoms with Crippen LogP contribution in [0, 0.1) is 17.6 Å². The Kier molecular flexibility index (Phi) is 5.92. The Morgan fingerprint density at radius 3 is 2.40 bits per heavy atom. The zero-order valence-corrected chi connectivity index (χ0v) is 12.0. The van der Waals surface area contributed by atoms with Gasteiger partial charge in [-0.25, -0.2) is 13.6 Å². The van der Waals surface area contributed by atoms with Gasteiger partial charge in [-0.2, -0.15) is 0 Å². The lowest BCUT2D eigenvalue weighted by atomic mass is 10.0. The summed E-state index contributed by atoms with van der Waals surface area (Å²) < 4.78 is 27.3. The third-order valence-electron chi connectivity index (χ3n) is 3.13. The molecule has 20 heavy (non-hydrogen) atoms. The number of halogens is 2. The summed E-state index contributed by atoms with van der Waals surface area (Å²) in [5.41, 5.74) is -0.648. The zero-order chi connectivity index (χ0) is 15.3. The molecule has 0 heterocycles. The average molecular weight is 285 g/mol. The van der Waals surface area contributed by atoms with Gasteiger partial charge in [0.05, 0.1) is 11.3 Å². The standard InChI is InChI=1S/C15H21F2NO2/c1-9(2)5-4-6-10(3)18-12-8-7-11(15(19)20)13(16)14(12)17/h7-10,18H,4-6H2,1-3H3,(H,19,20). The summed E-state index contributed by atoms with van der Waals surface area (Å²) in [4.78, 5) is 10.7. The van der Waals surface area contributed by atoms with Gasteiger partial charge in [-0.3, -0.25) is 0 Å². The summed E-state index contributed by atoms with van der Waals surface area (Å²) in [5, 5.41) is 11.6. The van der Waals surface area contributed by atoms with E-state index >= 15 is 0 Å². The van der Waals surface area contributed by atoms with Crippen molar-refractivity contribution in [3.63, 3.8) is 0 Å². The highest BCUT2D eigenvalue weighted by Crippen LogP contribution is 2.22. The normalized spacial score (nSPS) is 12.5. The molecule has 2 N–H and O–H groups in total. The molecule has 112 valence electrons. The predicted molar refractivity (Wildman–Crippen MR) is 75.1 cm³/mol. The molecule has 0 spiro atoms. The van der Waals surface area contributed by atoms with Gasteiger partial charge in [0.2, 0.25) is 0 Å². The van der Waals surface area contributed by atoms with Crippen LogP contribution >= 0.6 is 0 Å². The fraction of sp³-hybridized carbons (Fsp3) is 0.533. The minimum atomic E-state index is -1.47. The van der Waals surface area contributed by atoms with Gasteiger partial charge < -0.3 is 10.4 Å². The maximum Gasteiger partial charge on any atom is 0.338 e. The van der Waals surface area contributed by atoms with Crippen LogP contribution in [0.4, 0.5) is 14.5 Å². The molecule has 0 saturated heterocycles. The number of aromatic carboxylic acids is 1. The highest BCUT2D eigenvalue weighted by atomic mass is 19.2. The fourth-order valence-corrected chi connectivity index (χ4v) is 2.00. The molecule has 1 atom stereocenters. The number of anilines is 1. The van der Waals surface area contributed by atoms with Gasteiger partial charge in [-0.1, -0.05) is 26.7 Å². The molecule has 1 unspecified atom stereocenters. The van der Waals surface area contributed by atoms with Crippen molar-refractivity contribution in [2.75, 3.05) is 5.32 Å². The molecule has 0 amide bonds. The number of carbonyl (C=O) groups is 1. The summed E-state index contributed by atoms with van der Waals surface area (Å²) in [7, 11) is 0. The molecule has 0 aliphatic carbocycles. The van der Waals surface area contributed by atoms with Gasteiger partial charge in [-0.05, 0) is 31.4 Å². The molecular formula is C15H21F2NO2. The number of carboxylic acid groups (broad SMARTS) is 1. The molecule has 0 aromatic heterocycles. The van der Waals surface area contributed by atoms with Crippen molar-refractivity contribution in [1.82, 2.24) is 0 Å². The van der Waals surface area contributed by atoms with E-state index in [0.717, 1.165) is 25.3 Å². The molecule has 1 aromatic carbocycles. The molecule has 0 aliphatic heterocycles. The van der Waals surface area contributed by atoms with Crippen molar-refractivity contribution in [3.05, 3.63) is 29.3 Å². The molecule has 0 aliphatic rings. The van der Waals surface area contributed by atoms with Crippen molar-refractivity contribution in [2.24, 2.45) is 5.92 Å². The van der Waals surface area contributed by atoms with Gasteiger partial charge in [0, 0.05) is 6.04 Å². The highest BCUT2D eigenvalue weighted by Gasteiger charge is 2.18. The van der Waals surface area contributed by atoms with Gasteiger partial charge in [-0.15, -0.1) is 0 Å². The molecule has 3 nitrogen and oxygen atoms in total. The monoisotopic (exact) mass is 285 g/mol. The Morgan fingerprint density at radius 2 is 1.85 bits per heavy atom. The maximum absolute atomic E-state index is 13.7. The molecule has 0 bridgehead atoms. The second-order valence-corrected chi connectivity index (χ2v) is 5.46. The van der Waals surface area contributed by atoms with E-state index in [1.807, 2.05) is 6.92 Å². The first-order valence-corrected chi connectivity index (χ1v) is 6.80. The van der Waals surface area contributed by atoms with Crippen LogP contribution in [0.5, 0.6) is 0 Å². The molecule has 0 saturated carbocycles. The maximum atomic E-state index is 13.7. The van der Waals surface area contributed by atoms with Gasteiger partial charge in [0.25, 0.3) is 0 Å². The first kappa shape index (κ1) is 16.4. The van der Waals surface area contributed by atoms with Crippen molar-refractivity contribution in [1.29, 1.82) is 0 Å². The van der Waals surface area contributed by atoms with Crippen molar-refractivity contribution < 1.29 is 18.7 Å². The predicted octanol–water partition coefficient (Wildman–Crippen LogP) is 4.29. The number of hydrogen-bond donors (Lipinski definition) is 2. The highest BCUT2D eigenvalue weighted by molar-refractivity contribution is 5.88. The number of hydrogen-bond acceptors (Lipinski definition) is 2. The quantitative estimate of drug-likeness (QED) is 0.785. The van der Waals surface area contributed by atoms with E-state index in [1.54, 1.807) is 0 Å². The Hall–Kier alpha value is -1.65. The Labute approximate surface area is 118 Å². The lowest BCUT2D eigenvalue weighted by molar-refractivity contribution is 0.0690. The summed E-state index contributed by atoms with van der Waals surface area (Å²) in [5.74, 6) is -3.32. The molecular weight excluding hydrogens is 264 g/mol. The van der Waals surface area contributed by atoms with Gasteiger partial charge in [0.1, 0.15) is 0 Å². The summed E-state index contributed by atoms with van der Waals surface area (Å²) in [6, 6.07) is 2.34. The van der Waals surface area contributed by atoms with Crippen LogP contribution in [0.3, 0.4) is 0 Å². The molecule has 1 rings (SSSR count). The fourth-order valence-electron chi connectivity index (χ4n) is 2.00. The topological polar surface area (TPSA) is 49.3 Å². The van der Waals surface area contributed by atoms with Crippen LogP contribution in [0.2, 0.25) is 0 Å². The largest absolute Gasteiger partial charge is 0.478 e. The lowest BCUT2D eigenvalue weighted by Gasteiger charge is -2.17. The second-order valence-electron chi connectivity index (χ2n) is 5.46. The first-order valence-electron chi connectivity index (χ1n) is 6.80.